The predicted molar refractivity (Wildman–Crippen MR) is 54.9 cm³/mol. The molecule has 0 radical (unpaired) electrons. The molecule has 0 atom stereocenters. The Morgan fingerprint density at radius 3 is 2.80 bits per heavy atom. The molecular weight excluding hydrogens is 216 g/mol. The molecule has 7 heteroatoms. The van der Waals surface area contributed by atoms with Crippen molar-refractivity contribution in [3.05, 3.63) is 0 Å². The number of hydrogen-bond acceptors (Lipinski definition) is 6. The van der Waals surface area contributed by atoms with Gasteiger partial charge >= 0.3 is 5.97 Å². The topological polar surface area (TPSA) is 79.2 Å². The lowest BCUT2D eigenvalue weighted by Crippen LogP contribution is -2.34. The van der Waals surface area contributed by atoms with Crippen LogP contribution in [0.25, 0.3) is 0 Å². The molecule has 1 aliphatic heterocycles. The van der Waals surface area contributed by atoms with E-state index in [1.807, 2.05) is 0 Å². The summed E-state index contributed by atoms with van der Waals surface area (Å²) in [4.78, 5) is 12.6. The minimum Gasteiger partial charge on any atom is -0.481 e. The van der Waals surface area contributed by atoms with Gasteiger partial charge in [-0.2, -0.15) is 0 Å². The number of nitrogens with zero attached hydrogens (tertiary/aromatic N) is 4. The minimum absolute atomic E-state index is 0.280. The monoisotopic (exact) mass is 228 g/mol. The van der Waals surface area contributed by atoms with Crippen LogP contribution in [0.3, 0.4) is 0 Å². The second kappa shape index (κ2) is 4.52. The first-order chi connectivity index (χ1) is 7.25. The van der Waals surface area contributed by atoms with Gasteiger partial charge in [0.25, 0.3) is 0 Å². The maximum absolute atomic E-state index is 10.5. The molecule has 1 saturated heterocycles. The van der Waals surface area contributed by atoms with Crippen molar-refractivity contribution in [2.75, 3.05) is 18.0 Å². The largest absolute Gasteiger partial charge is 0.481 e. The van der Waals surface area contributed by atoms with Gasteiger partial charge in [-0.25, -0.2) is 0 Å². The van der Waals surface area contributed by atoms with E-state index in [0.717, 1.165) is 31.1 Å². The van der Waals surface area contributed by atoms with Crippen LogP contribution in [0.15, 0.2) is 0 Å². The molecule has 1 N–H and O–H groups in total. The van der Waals surface area contributed by atoms with Crippen molar-refractivity contribution in [2.45, 2.75) is 19.3 Å². The molecule has 0 saturated carbocycles. The summed E-state index contributed by atoms with van der Waals surface area (Å²) in [6.45, 7) is 1.71. The Hall–Kier alpha value is -1.24. The van der Waals surface area contributed by atoms with Crippen molar-refractivity contribution in [1.82, 2.24) is 14.8 Å². The van der Waals surface area contributed by atoms with Crippen molar-refractivity contribution in [1.29, 1.82) is 0 Å². The Labute approximate surface area is 91.1 Å². The van der Waals surface area contributed by atoms with Crippen LogP contribution in [-0.4, -0.2) is 39.0 Å². The van der Waals surface area contributed by atoms with Crippen molar-refractivity contribution >= 4 is 22.6 Å². The number of aliphatic carboxylic acids is 1. The molecule has 6 nitrogen and oxygen atoms in total. The summed E-state index contributed by atoms with van der Waals surface area (Å²) < 4.78 is 3.71. The van der Waals surface area contributed by atoms with Crippen molar-refractivity contribution in [3.63, 3.8) is 0 Å². The third-order valence-corrected chi connectivity index (χ3v) is 3.30. The highest BCUT2D eigenvalue weighted by atomic mass is 32.1. The van der Waals surface area contributed by atoms with Gasteiger partial charge in [0.05, 0.1) is 0 Å². The molecule has 0 amide bonds. The van der Waals surface area contributed by atoms with Crippen molar-refractivity contribution in [3.8, 4) is 0 Å². The van der Waals surface area contributed by atoms with Crippen LogP contribution in [-0.2, 0) is 4.79 Å². The van der Waals surface area contributed by atoms with Gasteiger partial charge < -0.3 is 10.0 Å². The van der Waals surface area contributed by atoms with Crippen LogP contribution < -0.4 is 4.90 Å². The Morgan fingerprint density at radius 1 is 1.53 bits per heavy atom. The van der Waals surface area contributed by atoms with Gasteiger partial charge in [-0.1, -0.05) is 9.59 Å². The van der Waals surface area contributed by atoms with E-state index < -0.39 is 5.97 Å². The van der Waals surface area contributed by atoms with E-state index in [1.54, 1.807) is 0 Å². The molecule has 0 aliphatic carbocycles. The van der Waals surface area contributed by atoms with Gasteiger partial charge in [-0.05, 0) is 24.0 Å². The fraction of sp³-hybridized carbons (Fsp3) is 0.750. The number of carbonyl (C=O) groups is 1. The summed E-state index contributed by atoms with van der Waals surface area (Å²) in [5.41, 5.74) is 0. The molecule has 1 fully saturated rings. The number of piperidine rings is 1. The Morgan fingerprint density at radius 2 is 2.27 bits per heavy atom. The van der Waals surface area contributed by atoms with Crippen LogP contribution in [0.2, 0.25) is 0 Å². The van der Waals surface area contributed by atoms with Gasteiger partial charge in [0.2, 0.25) is 5.13 Å². The number of carboxylic acid groups (broad SMARTS) is 1. The molecule has 0 bridgehead atoms. The number of hydrogen-bond donors (Lipinski definition) is 1. The number of aromatic nitrogens is 3. The zero-order chi connectivity index (χ0) is 10.7. The first-order valence-corrected chi connectivity index (χ1v) is 5.65. The highest BCUT2D eigenvalue weighted by molar-refractivity contribution is 7.09. The average molecular weight is 228 g/mol. The third kappa shape index (κ3) is 2.62. The van der Waals surface area contributed by atoms with E-state index in [9.17, 15) is 4.79 Å². The smallest absolute Gasteiger partial charge is 0.303 e. The maximum Gasteiger partial charge on any atom is 0.303 e. The Balaban J connectivity index is 1.84. The molecule has 15 heavy (non-hydrogen) atoms. The van der Waals surface area contributed by atoms with Crippen LogP contribution in [0.1, 0.15) is 19.3 Å². The second-order valence-electron chi connectivity index (χ2n) is 3.67. The van der Waals surface area contributed by atoms with E-state index >= 15 is 0 Å². The molecule has 1 aromatic rings. The van der Waals surface area contributed by atoms with Gasteiger partial charge in [0.15, 0.2) is 0 Å². The maximum atomic E-state index is 10.5. The predicted octanol–water partition coefficient (Wildman–Crippen LogP) is 0.624. The molecule has 82 valence electrons. The molecule has 2 heterocycles. The number of anilines is 1. The normalized spacial score (nSPS) is 18.0. The summed E-state index contributed by atoms with van der Waals surface area (Å²) in [5.74, 6) is -0.398. The molecular formula is C8H12N4O2S. The Kier molecular flexibility index (Phi) is 3.10. The van der Waals surface area contributed by atoms with Gasteiger partial charge in [-0.15, -0.1) is 0 Å². The first kappa shape index (κ1) is 10.3. The van der Waals surface area contributed by atoms with E-state index in [2.05, 4.69) is 19.7 Å². The zero-order valence-corrected chi connectivity index (χ0v) is 8.98. The van der Waals surface area contributed by atoms with Gasteiger partial charge in [0, 0.05) is 31.0 Å². The summed E-state index contributed by atoms with van der Waals surface area (Å²) in [7, 11) is 0. The van der Waals surface area contributed by atoms with E-state index in [-0.39, 0.29) is 6.42 Å². The van der Waals surface area contributed by atoms with Crippen LogP contribution in [0, 0.1) is 5.92 Å². The highest BCUT2D eigenvalue weighted by Gasteiger charge is 2.22. The molecule has 0 unspecified atom stereocenters. The fourth-order valence-electron chi connectivity index (χ4n) is 1.83. The SMILES string of the molecule is O=C(O)CC1CCN(c2nnns2)CC1. The lowest BCUT2D eigenvalue weighted by Gasteiger charge is -2.30. The fourth-order valence-corrected chi connectivity index (χ4v) is 2.34. The van der Waals surface area contributed by atoms with E-state index in [0.29, 0.717) is 5.92 Å². The average Bonchev–Trinajstić information content (AvgIpc) is 2.71. The molecule has 0 aromatic carbocycles. The number of rotatable bonds is 3. The third-order valence-electron chi connectivity index (χ3n) is 2.64. The Bertz CT molecular complexity index is 321. The summed E-state index contributed by atoms with van der Waals surface area (Å²) >= 11 is 1.28. The van der Waals surface area contributed by atoms with Crippen molar-refractivity contribution in [2.24, 2.45) is 5.92 Å². The molecule has 1 aromatic heterocycles. The van der Waals surface area contributed by atoms with Crippen molar-refractivity contribution < 1.29 is 9.90 Å². The summed E-state index contributed by atoms with van der Waals surface area (Å²) in [5, 5.41) is 16.9. The lowest BCUT2D eigenvalue weighted by molar-refractivity contribution is -0.138. The van der Waals surface area contributed by atoms with Gasteiger partial charge in [-0.3, -0.25) is 4.79 Å². The standard InChI is InChI=1S/C8H12N4O2S/c13-7(14)5-6-1-3-12(4-2-6)8-9-10-11-15-8/h6H,1-5H2,(H,13,14). The summed E-state index contributed by atoms with van der Waals surface area (Å²) in [6.07, 6.45) is 2.10. The number of carboxylic acids is 1. The van der Waals surface area contributed by atoms with Gasteiger partial charge in [0.1, 0.15) is 0 Å². The highest BCUT2D eigenvalue weighted by Crippen LogP contribution is 2.24. The molecule has 1 aliphatic rings. The van der Waals surface area contributed by atoms with Crippen LogP contribution in [0.4, 0.5) is 5.13 Å². The van der Waals surface area contributed by atoms with Crippen LogP contribution in [0.5, 0.6) is 0 Å². The van der Waals surface area contributed by atoms with E-state index in [1.165, 1.54) is 11.5 Å². The quantitative estimate of drug-likeness (QED) is 0.817. The van der Waals surface area contributed by atoms with E-state index in [4.69, 9.17) is 5.11 Å². The first-order valence-electron chi connectivity index (χ1n) is 4.87. The molecule has 2 rings (SSSR count). The zero-order valence-electron chi connectivity index (χ0n) is 8.17. The molecule has 0 spiro atoms. The van der Waals surface area contributed by atoms with Crippen LogP contribution >= 0.6 is 11.5 Å². The lowest BCUT2D eigenvalue weighted by atomic mass is 9.94. The second-order valence-corrected chi connectivity index (χ2v) is 4.38. The summed E-state index contributed by atoms with van der Waals surface area (Å²) in [6, 6.07) is 0. The minimum atomic E-state index is -0.703.